The van der Waals surface area contributed by atoms with Gasteiger partial charge in [-0.15, -0.1) is 0 Å². The monoisotopic (exact) mass is 392 g/mol. The van der Waals surface area contributed by atoms with Gasteiger partial charge < -0.3 is 24.4 Å². The number of piperidine rings is 1. The third kappa shape index (κ3) is 6.14. The van der Waals surface area contributed by atoms with Crippen molar-refractivity contribution in [3.63, 3.8) is 0 Å². The summed E-state index contributed by atoms with van der Waals surface area (Å²) in [5, 5.41) is 2.47. The van der Waals surface area contributed by atoms with E-state index in [4.69, 9.17) is 14.2 Å². The van der Waals surface area contributed by atoms with Gasteiger partial charge in [-0.3, -0.25) is 14.4 Å². The molecule has 0 unspecified atom stereocenters. The van der Waals surface area contributed by atoms with Crippen LogP contribution in [0.4, 0.5) is 0 Å². The van der Waals surface area contributed by atoms with Crippen LogP contribution in [0, 0.1) is 11.8 Å². The van der Waals surface area contributed by atoms with E-state index >= 15 is 0 Å². The minimum Gasteiger partial charge on any atom is -0.497 e. The molecule has 0 bridgehead atoms. The number of likely N-dealkylation sites (tertiary alicyclic amines) is 1. The minimum atomic E-state index is -0.672. The Labute approximate surface area is 165 Å². The molecule has 1 heterocycles. The number of rotatable bonds is 7. The van der Waals surface area contributed by atoms with Gasteiger partial charge in [0.2, 0.25) is 0 Å². The number of nitrogens with zero attached hydrogens (tertiary/aromatic N) is 1. The van der Waals surface area contributed by atoms with Crippen LogP contribution in [-0.2, 0) is 14.3 Å². The summed E-state index contributed by atoms with van der Waals surface area (Å²) in [4.78, 5) is 38.1. The Morgan fingerprint density at radius 2 is 1.61 bits per heavy atom. The molecule has 154 valence electrons. The molecule has 1 aromatic rings. The fourth-order valence-electron chi connectivity index (χ4n) is 3.34. The second kappa shape index (κ2) is 9.96. The van der Waals surface area contributed by atoms with Gasteiger partial charge >= 0.3 is 5.97 Å². The maximum absolute atomic E-state index is 12.2. The molecule has 0 aromatic heterocycles. The fraction of sp³-hybridized carbons (Fsp3) is 0.550. The highest BCUT2D eigenvalue weighted by atomic mass is 16.5. The summed E-state index contributed by atoms with van der Waals surface area (Å²) >= 11 is 0. The molecule has 0 aliphatic carbocycles. The lowest BCUT2D eigenvalue weighted by molar-refractivity contribution is -0.152. The highest BCUT2D eigenvalue weighted by Crippen LogP contribution is 2.22. The summed E-state index contributed by atoms with van der Waals surface area (Å²) in [5.41, 5.74) is 0.288. The molecule has 1 saturated heterocycles. The molecule has 2 rings (SSSR count). The number of esters is 1. The lowest BCUT2D eigenvalue weighted by Crippen LogP contribution is -2.44. The predicted molar refractivity (Wildman–Crippen MR) is 102 cm³/mol. The molecule has 1 fully saturated rings. The molecule has 28 heavy (non-hydrogen) atoms. The van der Waals surface area contributed by atoms with Crippen molar-refractivity contribution in [3.8, 4) is 11.5 Å². The molecule has 1 aromatic carbocycles. The summed E-state index contributed by atoms with van der Waals surface area (Å²) in [6.45, 7) is 4.90. The third-order valence-corrected chi connectivity index (χ3v) is 4.59. The molecule has 2 amide bonds. The molecule has 0 radical (unpaired) electrons. The molecule has 8 heteroatoms. The molecule has 1 N–H and O–H groups in total. The van der Waals surface area contributed by atoms with Crippen molar-refractivity contribution in [3.05, 3.63) is 23.8 Å². The van der Waals surface area contributed by atoms with E-state index in [9.17, 15) is 14.4 Å². The summed E-state index contributed by atoms with van der Waals surface area (Å²) in [7, 11) is 2.96. The number of benzene rings is 1. The second-order valence-corrected chi connectivity index (χ2v) is 7.19. The van der Waals surface area contributed by atoms with Crippen molar-refractivity contribution in [1.29, 1.82) is 0 Å². The second-order valence-electron chi connectivity index (χ2n) is 7.19. The number of carbonyl (C=O) groups is 3. The highest BCUT2D eigenvalue weighted by molar-refractivity contribution is 5.96. The number of hydrogen-bond donors (Lipinski definition) is 1. The van der Waals surface area contributed by atoms with Crippen molar-refractivity contribution >= 4 is 17.8 Å². The topological polar surface area (TPSA) is 94.2 Å². The van der Waals surface area contributed by atoms with E-state index in [1.54, 1.807) is 11.0 Å². The van der Waals surface area contributed by atoms with E-state index in [0.717, 1.165) is 6.42 Å². The molecule has 1 aliphatic heterocycles. The lowest BCUT2D eigenvalue weighted by Gasteiger charge is -2.34. The van der Waals surface area contributed by atoms with Crippen molar-refractivity contribution in [1.82, 2.24) is 10.2 Å². The molecule has 1 aliphatic rings. The largest absolute Gasteiger partial charge is 0.497 e. The first kappa shape index (κ1) is 21.5. The van der Waals surface area contributed by atoms with Crippen LogP contribution in [0.5, 0.6) is 11.5 Å². The van der Waals surface area contributed by atoms with Gasteiger partial charge in [0.15, 0.2) is 6.61 Å². The van der Waals surface area contributed by atoms with E-state index in [1.807, 2.05) is 0 Å². The molecule has 2 atom stereocenters. The Balaban J connectivity index is 1.80. The first-order valence-corrected chi connectivity index (χ1v) is 9.27. The zero-order chi connectivity index (χ0) is 20.7. The number of carbonyl (C=O) groups excluding carboxylic acids is 3. The third-order valence-electron chi connectivity index (χ3n) is 4.59. The van der Waals surface area contributed by atoms with Gasteiger partial charge in [0.25, 0.3) is 11.8 Å². The number of methoxy groups -OCH3 is 2. The van der Waals surface area contributed by atoms with Gasteiger partial charge in [-0.05, 0) is 30.4 Å². The molecular formula is C20H28N2O6. The predicted octanol–water partition coefficient (Wildman–Crippen LogP) is 1.48. The number of ether oxygens (including phenoxy) is 3. The fourth-order valence-corrected chi connectivity index (χ4v) is 3.34. The quantitative estimate of drug-likeness (QED) is 0.707. The van der Waals surface area contributed by atoms with E-state index in [1.165, 1.54) is 26.4 Å². The zero-order valence-corrected chi connectivity index (χ0v) is 16.8. The highest BCUT2D eigenvalue weighted by Gasteiger charge is 2.26. The van der Waals surface area contributed by atoms with Crippen LogP contribution in [0.2, 0.25) is 0 Å². The van der Waals surface area contributed by atoms with Gasteiger partial charge in [-0.25, -0.2) is 0 Å². The summed E-state index contributed by atoms with van der Waals surface area (Å²) in [6, 6.07) is 4.70. The van der Waals surface area contributed by atoms with Crippen LogP contribution in [0.25, 0.3) is 0 Å². The maximum atomic E-state index is 12.2. The van der Waals surface area contributed by atoms with Crippen molar-refractivity contribution in [2.75, 3.05) is 40.5 Å². The smallest absolute Gasteiger partial charge is 0.325 e. The Kier molecular flexibility index (Phi) is 7.66. The van der Waals surface area contributed by atoms with E-state index in [-0.39, 0.29) is 24.6 Å². The van der Waals surface area contributed by atoms with Gasteiger partial charge in [-0.1, -0.05) is 13.8 Å². The minimum absolute atomic E-state index is 0.212. The van der Waals surface area contributed by atoms with Crippen molar-refractivity contribution < 1.29 is 28.6 Å². The van der Waals surface area contributed by atoms with Crippen LogP contribution in [0.15, 0.2) is 18.2 Å². The SMILES string of the molecule is COc1cc(OC)cc(C(=O)NCC(=O)OCC(=O)N2C[C@@H](C)C[C@H](C)C2)c1. The number of amides is 2. The standard InChI is InChI=1S/C20H28N2O6/c1-13-5-14(2)11-22(10-13)18(23)12-28-19(24)9-21-20(25)15-6-16(26-3)8-17(7-15)27-4/h6-8,13-14H,5,9-12H2,1-4H3,(H,21,25)/t13-,14-/m0/s1. The van der Waals surface area contributed by atoms with Crippen LogP contribution in [0.1, 0.15) is 30.6 Å². The summed E-state index contributed by atoms with van der Waals surface area (Å²) < 4.78 is 15.2. The lowest BCUT2D eigenvalue weighted by atomic mass is 9.92. The Hall–Kier alpha value is -2.77. The van der Waals surface area contributed by atoms with Crippen LogP contribution in [0.3, 0.4) is 0 Å². The Morgan fingerprint density at radius 1 is 1.04 bits per heavy atom. The van der Waals surface area contributed by atoms with E-state index < -0.39 is 11.9 Å². The molecule has 0 spiro atoms. The Bertz CT molecular complexity index is 688. The molecular weight excluding hydrogens is 364 g/mol. The first-order valence-electron chi connectivity index (χ1n) is 9.27. The Morgan fingerprint density at radius 3 is 2.14 bits per heavy atom. The van der Waals surface area contributed by atoms with E-state index in [2.05, 4.69) is 19.2 Å². The number of hydrogen-bond acceptors (Lipinski definition) is 6. The average Bonchev–Trinajstić information content (AvgIpc) is 2.68. The summed E-state index contributed by atoms with van der Waals surface area (Å²) in [5.74, 6) is 0.430. The molecule has 0 saturated carbocycles. The maximum Gasteiger partial charge on any atom is 0.325 e. The van der Waals surface area contributed by atoms with Crippen molar-refractivity contribution in [2.45, 2.75) is 20.3 Å². The molecule has 8 nitrogen and oxygen atoms in total. The van der Waals surface area contributed by atoms with Crippen LogP contribution in [-0.4, -0.2) is 63.1 Å². The van der Waals surface area contributed by atoms with Crippen LogP contribution >= 0.6 is 0 Å². The summed E-state index contributed by atoms with van der Waals surface area (Å²) in [6.07, 6.45) is 1.09. The van der Waals surface area contributed by atoms with Crippen molar-refractivity contribution in [2.24, 2.45) is 11.8 Å². The van der Waals surface area contributed by atoms with Gasteiger partial charge in [-0.2, -0.15) is 0 Å². The average molecular weight is 392 g/mol. The van der Waals surface area contributed by atoms with Gasteiger partial charge in [0.1, 0.15) is 18.0 Å². The van der Waals surface area contributed by atoms with Gasteiger partial charge in [0, 0.05) is 24.7 Å². The van der Waals surface area contributed by atoms with Crippen LogP contribution < -0.4 is 14.8 Å². The van der Waals surface area contributed by atoms with Gasteiger partial charge in [0.05, 0.1) is 14.2 Å². The number of nitrogens with one attached hydrogen (secondary N) is 1. The zero-order valence-electron chi connectivity index (χ0n) is 16.8. The van der Waals surface area contributed by atoms with E-state index in [0.29, 0.717) is 36.4 Å². The first-order chi connectivity index (χ1) is 13.3. The normalized spacial score (nSPS) is 18.9.